The van der Waals surface area contributed by atoms with Crippen molar-refractivity contribution in [1.82, 2.24) is 0 Å². The second-order valence-corrected chi connectivity index (χ2v) is 4.95. The van der Waals surface area contributed by atoms with E-state index in [-0.39, 0.29) is 16.1 Å². The monoisotopic (exact) mass is 222 g/mol. The van der Waals surface area contributed by atoms with Gasteiger partial charge in [0.2, 0.25) is 5.12 Å². The smallest absolute Gasteiger partial charge is 0.224 e. The van der Waals surface area contributed by atoms with E-state index in [4.69, 9.17) is 0 Å². The minimum absolute atomic E-state index is 0.0178. The normalized spacial score (nSPS) is 19.3. The molecule has 0 spiro atoms. The number of carbonyl (C=O) groups is 1. The standard InChI is InChI=1S/C12H14O2S/c1-2-3-7-10-8-5-4-6-9(13)11(8)12(14)15-10/h4-6,10,13H,2-3,7H2,1H3. The molecule has 3 heteroatoms. The van der Waals surface area contributed by atoms with E-state index in [1.54, 1.807) is 6.07 Å². The molecule has 2 rings (SSSR count). The van der Waals surface area contributed by atoms with Crippen LogP contribution in [0.5, 0.6) is 5.75 Å². The molecule has 0 radical (unpaired) electrons. The minimum Gasteiger partial charge on any atom is -0.507 e. The van der Waals surface area contributed by atoms with Crippen molar-refractivity contribution in [3.63, 3.8) is 0 Å². The summed E-state index contributed by atoms with van der Waals surface area (Å²) in [4.78, 5) is 11.7. The van der Waals surface area contributed by atoms with E-state index in [9.17, 15) is 9.90 Å². The third kappa shape index (κ3) is 1.88. The Labute approximate surface area is 93.7 Å². The highest BCUT2D eigenvalue weighted by atomic mass is 32.2. The van der Waals surface area contributed by atoms with Crippen LogP contribution in [0.1, 0.15) is 47.4 Å². The predicted octanol–water partition coefficient (Wildman–Crippen LogP) is 3.51. The molecule has 1 atom stereocenters. The molecule has 1 aliphatic heterocycles. The molecular formula is C12H14O2S. The van der Waals surface area contributed by atoms with Crippen LogP contribution >= 0.6 is 11.8 Å². The number of phenols is 1. The summed E-state index contributed by atoms with van der Waals surface area (Å²) in [6.45, 7) is 2.14. The number of fused-ring (bicyclic) bond motifs is 1. The fraction of sp³-hybridized carbons (Fsp3) is 0.417. The fourth-order valence-electron chi connectivity index (χ4n) is 1.90. The zero-order chi connectivity index (χ0) is 10.8. The van der Waals surface area contributed by atoms with E-state index < -0.39 is 0 Å². The van der Waals surface area contributed by atoms with Crippen molar-refractivity contribution < 1.29 is 9.90 Å². The van der Waals surface area contributed by atoms with Crippen molar-refractivity contribution in [2.24, 2.45) is 0 Å². The summed E-state index contributed by atoms with van der Waals surface area (Å²) in [5.74, 6) is 0.129. The van der Waals surface area contributed by atoms with Gasteiger partial charge in [-0.2, -0.15) is 0 Å². The highest BCUT2D eigenvalue weighted by molar-refractivity contribution is 8.14. The number of thioether (sulfide) groups is 1. The molecule has 1 aromatic rings. The van der Waals surface area contributed by atoms with Gasteiger partial charge in [0.15, 0.2) is 0 Å². The molecule has 0 saturated heterocycles. The van der Waals surface area contributed by atoms with Gasteiger partial charge in [-0.25, -0.2) is 0 Å². The lowest BCUT2D eigenvalue weighted by molar-refractivity contribution is 0.108. The van der Waals surface area contributed by atoms with E-state index in [1.807, 2.05) is 12.1 Å². The average Bonchev–Trinajstić information content (AvgIpc) is 2.54. The van der Waals surface area contributed by atoms with Crippen molar-refractivity contribution in [2.45, 2.75) is 31.4 Å². The Kier molecular flexibility index (Phi) is 3.00. The summed E-state index contributed by atoms with van der Waals surface area (Å²) in [7, 11) is 0. The third-order valence-electron chi connectivity index (χ3n) is 2.69. The van der Waals surface area contributed by atoms with Crippen molar-refractivity contribution >= 4 is 16.9 Å². The predicted molar refractivity (Wildman–Crippen MR) is 62.3 cm³/mol. The number of hydrogen-bond acceptors (Lipinski definition) is 3. The van der Waals surface area contributed by atoms with Gasteiger partial charge in [-0.15, -0.1) is 0 Å². The number of rotatable bonds is 3. The molecule has 1 aliphatic rings. The molecule has 1 unspecified atom stereocenters. The summed E-state index contributed by atoms with van der Waals surface area (Å²) >= 11 is 1.35. The zero-order valence-electron chi connectivity index (χ0n) is 8.69. The van der Waals surface area contributed by atoms with Gasteiger partial charge in [0.1, 0.15) is 5.75 Å². The van der Waals surface area contributed by atoms with Crippen LogP contribution in [0.2, 0.25) is 0 Å². The van der Waals surface area contributed by atoms with Crippen LogP contribution in [-0.4, -0.2) is 10.2 Å². The molecule has 2 nitrogen and oxygen atoms in total. The third-order valence-corrected chi connectivity index (χ3v) is 3.89. The van der Waals surface area contributed by atoms with Gasteiger partial charge < -0.3 is 5.11 Å². The van der Waals surface area contributed by atoms with Crippen LogP contribution < -0.4 is 0 Å². The molecule has 1 aromatic carbocycles. The lowest BCUT2D eigenvalue weighted by atomic mass is 10.0. The van der Waals surface area contributed by atoms with Gasteiger partial charge in [-0.3, -0.25) is 4.79 Å². The van der Waals surface area contributed by atoms with E-state index >= 15 is 0 Å². The summed E-state index contributed by atoms with van der Waals surface area (Å²) in [6.07, 6.45) is 3.28. The number of benzene rings is 1. The van der Waals surface area contributed by atoms with E-state index in [1.165, 1.54) is 11.8 Å². The first-order valence-corrected chi connectivity index (χ1v) is 6.15. The zero-order valence-corrected chi connectivity index (χ0v) is 9.51. The number of unbranched alkanes of at least 4 members (excludes halogenated alkanes) is 1. The molecule has 15 heavy (non-hydrogen) atoms. The van der Waals surface area contributed by atoms with Crippen molar-refractivity contribution in [2.75, 3.05) is 0 Å². The lowest BCUT2D eigenvalue weighted by Gasteiger charge is -2.08. The Bertz CT molecular complexity index is 387. The van der Waals surface area contributed by atoms with E-state index in [0.29, 0.717) is 5.56 Å². The quantitative estimate of drug-likeness (QED) is 0.850. The van der Waals surface area contributed by atoms with Crippen LogP contribution in [0.4, 0.5) is 0 Å². The van der Waals surface area contributed by atoms with Crippen molar-refractivity contribution in [3.05, 3.63) is 29.3 Å². The van der Waals surface area contributed by atoms with Gasteiger partial charge in [-0.05, 0) is 18.1 Å². The van der Waals surface area contributed by atoms with Crippen LogP contribution in [-0.2, 0) is 0 Å². The molecule has 0 bridgehead atoms. The molecule has 0 amide bonds. The molecule has 0 saturated carbocycles. The van der Waals surface area contributed by atoms with Crippen LogP contribution in [0.3, 0.4) is 0 Å². The molecule has 80 valence electrons. The SMILES string of the molecule is CCCCC1SC(=O)c2c(O)cccc21. The number of aromatic hydroxyl groups is 1. The largest absolute Gasteiger partial charge is 0.507 e. The Hall–Kier alpha value is -0.960. The first-order valence-electron chi connectivity index (χ1n) is 5.27. The Morgan fingerprint density at radius 3 is 3.00 bits per heavy atom. The van der Waals surface area contributed by atoms with Gasteiger partial charge in [0.05, 0.1) is 5.56 Å². The second-order valence-electron chi connectivity index (χ2n) is 3.78. The van der Waals surface area contributed by atoms with Crippen LogP contribution in [0.15, 0.2) is 18.2 Å². The fourth-order valence-corrected chi connectivity index (χ4v) is 3.11. The summed E-state index contributed by atoms with van der Waals surface area (Å²) in [5.41, 5.74) is 1.54. The summed E-state index contributed by atoms with van der Waals surface area (Å²) in [5, 5.41) is 9.88. The molecule has 1 N–H and O–H groups in total. The van der Waals surface area contributed by atoms with Crippen LogP contribution in [0, 0.1) is 0 Å². The topological polar surface area (TPSA) is 37.3 Å². The maximum absolute atomic E-state index is 11.7. The Morgan fingerprint density at radius 2 is 2.27 bits per heavy atom. The number of hydrogen-bond donors (Lipinski definition) is 1. The summed E-state index contributed by atoms with van der Waals surface area (Å²) < 4.78 is 0. The van der Waals surface area contributed by atoms with Crippen molar-refractivity contribution in [3.8, 4) is 5.75 Å². The van der Waals surface area contributed by atoms with Crippen LogP contribution in [0.25, 0.3) is 0 Å². The highest BCUT2D eigenvalue weighted by Crippen LogP contribution is 2.47. The number of carbonyl (C=O) groups excluding carboxylic acids is 1. The summed E-state index contributed by atoms with van der Waals surface area (Å²) in [6, 6.07) is 5.35. The maximum atomic E-state index is 11.7. The minimum atomic E-state index is 0.0178. The first-order chi connectivity index (χ1) is 7.24. The first kappa shape index (κ1) is 10.6. The Balaban J connectivity index is 2.30. The maximum Gasteiger partial charge on any atom is 0.224 e. The Morgan fingerprint density at radius 1 is 1.47 bits per heavy atom. The average molecular weight is 222 g/mol. The lowest BCUT2D eigenvalue weighted by Crippen LogP contribution is -1.91. The number of phenolic OH excluding ortho intramolecular Hbond substituents is 1. The van der Waals surface area contributed by atoms with E-state index in [0.717, 1.165) is 24.8 Å². The molecule has 0 aliphatic carbocycles. The molecule has 1 heterocycles. The van der Waals surface area contributed by atoms with E-state index in [2.05, 4.69) is 6.92 Å². The van der Waals surface area contributed by atoms with Gasteiger partial charge in [0, 0.05) is 5.25 Å². The molecule has 0 fully saturated rings. The molecular weight excluding hydrogens is 208 g/mol. The van der Waals surface area contributed by atoms with Crippen molar-refractivity contribution in [1.29, 1.82) is 0 Å². The second kappa shape index (κ2) is 4.27. The molecule has 0 aromatic heterocycles. The van der Waals surface area contributed by atoms with Gasteiger partial charge >= 0.3 is 0 Å². The highest BCUT2D eigenvalue weighted by Gasteiger charge is 2.31. The van der Waals surface area contributed by atoms with Gasteiger partial charge in [-0.1, -0.05) is 43.7 Å². The van der Waals surface area contributed by atoms with Gasteiger partial charge in [0.25, 0.3) is 0 Å².